The first-order valence-electron chi connectivity index (χ1n) is 7.48. The molecule has 9 heteroatoms. The number of esters is 1. The number of amides is 1. The summed E-state index contributed by atoms with van der Waals surface area (Å²) in [7, 11) is 0. The van der Waals surface area contributed by atoms with Crippen LogP contribution in [0.15, 0.2) is 48.5 Å². The number of hydrogen-bond acceptors (Lipinski definition) is 6. The molecule has 0 heterocycles. The molecule has 0 saturated carbocycles. The number of nitrogens with one attached hydrogen (secondary N) is 1. The molecule has 0 saturated heterocycles. The van der Waals surface area contributed by atoms with Crippen LogP contribution in [0.3, 0.4) is 0 Å². The molecule has 2 aromatic rings. The van der Waals surface area contributed by atoms with Crippen LogP contribution in [0.5, 0.6) is 0 Å². The smallest absolute Gasteiger partial charge is 0.331 e. The SMILES string of the molecule is N#Cc1cccc(NC(=O)COC(=O)/C=C/c2ccc(Cl)c([N+](=O)[O-])c2)c1. The van der Waals surface area contributed by atoms with Gasteiger partial charge in [-0.3, -0.25) is 14.9 Å². The van der Waals surface area contributed by atoms with Crippen molar-refractivity contribution in [2.75, 3.05) is 11.9 Å². The minimum atomic E-state index is -0.798. The Balaban J connectivity index is 1.89. The number of nitro benzene ring substituents is 1. The fourth-order valence-corrected chi connectivity index (χ4v) is 2.17. The van der Waals surface area contributed by atoms with Crippen LogP contribution in [-0.2, 0) is 14.3 Å². The largest absolute Gasteiger partial charge is 0.452 e. The van der Waals surface area contributed by atoms with Crippen molar-refractivity contribution in [3.05, 3.63) is 74.8 Å². The van der Waals surface area contributed by atoms with E-state index in [1.807, 2.05) is 6.07 Å². The Morgan fingerprint density at radius 2 is 2.07 bits per heavy atom. The molecular weight excluding hydrogens is 374 g/mol. The van der Waals surface area contributed by atoms with Gasteiger partial charge >= 0.3 is 5.97 Å². The van der Waals surface area contributed by atoms with Gasteiger partial charge in [0.1, 0.15) is 5.02 Å². The van der Waals surface area contributed by atoms with Gasteiger partial charge in [-0.2, -0.15) is 5.26 Å². The van der Waals surface area contributed by atoms with Gasteiger partial charge in [-0.1, -0.05) is 23.7 Å². The van der Waals surface area contributed by atoms with Gasteiger partial charge in [-0.25, -0.2) is 4.79 Å². The van der Waals surface area contributed by atoms with E-state index in [0.29, 0.717) is 16.8 Å². The van der Waals surface area contributed by atoms with Gasteiger partial charge in [-0.05, 0) is 35.9 Å². The fourth-order valence-electron chi connectivity index (χ4n) is 1.99. The molecule has 0 fully saturated rings. The van der Waals surface area contributed by atoms with Crippen molar-refractivity contribution in [2.24, 2.45) is 0 Å². The number of ether oxygens (including phenoxy) is 1. The molecule has 136 valence electrons. The second-order valence-electron chi connectivity index (χ2n) is 5.15. The quantitative estimate of drug-likeness (QED) is 0.352. The third-order valence-corrected chi connectivity index (χ3v) is 3.52. The maximum Gasteiger partial charge on any atom is 0.331 e. The molecule has 0 aliphatic heterocycles. The molecule has 27 heavy (non-hydrogen) atoms. The summed E-state index contributed by atoms with van der Waals surface area (Å²) >= 11 is 5.70. The number of nitro groups is 1. The summed E-state index contributed by atoms with van der Waals surface area (Å²) in [6.45, 7) is -0.527. The minimum Gasteiger partial charge on any atom is -0.452 e. The molecule has 0 aliphatic carbocycles. The van der Waals surface area contributed by atoms with E-state index >= 15 is 0 Å². The summed E-state index contributed by atoms with van der Waals surface area (Å²) in [4.78, 5) is 33.6. The molecule has 0 aromatic heterocycles. The van der Waals surface area contributed by atoms with E-state index in [2.05, 4.69) is 5.32 Å². The van der Waals surface area contributed by atoms with Crippen molar-refractivity contribution in [2.45, 2.75) is 0 Å². The lowest BCUT2D eigenvalue weighted by Crippen LogP contribution is -2.20. The molecule has 0 bridgehead atoms. The summed E-state index contributed by atoms with van der Waals surface area (Å²) in [6, 6.07) is 12.2. The number of carbonyl (C=O) groups excluding carboxylic acids is 2. The van der Waals surface area contributed by atoms with Crippen LogP contribution in [0, 0.1) is 21.4 Å². The minimum absolute atomic E-state index is 0.0168. The van der Waals surface area contributed by atoms with Crippen LogP contribution in [-0.4, -0.2) is 23.4 Å². The Kier molecular flexibility index (Phi) is 6.63. The lowest BCUT2D eigenvalue weighted by Gasteiger charge is -2.05. The zero-order chi connectivity index (χ0) is 19.8. The molecular formula is C18H12ClN3O5. The van der Waals surface area contributed by atoms with Crippen molar-refractivity contribution >= 4 is 40.9 Å². The van der Waals surface area contributed by atoms with Crippen LogP contribution in [0.4, 0.5) is 11.4 Å². The second kappa shape index (κ2) is 9.12. The Morgan fingerprint density at radius 1 is 1.30 bits per heavy atom. The molecule has 2 aromatic carbocycles. The number of carbonyl (C=O) groups is 2. The topological polar surface area (TPSA) is 122 Å². The second-order valence-corrected chi connectivity index (χ2v) is 5.56. The van der Waals surface area contributed by atoms with E-state index < -0.39 is 23.4 Å². The third kappa shape index (κ3) is 5.95. The summed E-state index contributed by atoms with van der Waals surface area (Å²) in [5.74, 6) is -1.37. The van der Waals surface area contributed by atoms with Gasteiger partial charge in [0, 0.05) is 17.8 Å². The molecule has 1 N–H and O–H groups in total. The zero-order valence-corrected chi connectivity index (χ0v) is 14.5. The van der Waals surface area contributed by atoms with Gasteiger partial charge in [-0.15, -0.1) is 0 Å². The number of anilines is 1. The maximum atomic E-state index is 11.8. The number of nitriles is 1. The highest BCUT2D eigenvalue weighted by Crippen LogP contribution is 2.25. The number of hydrogen-bond donors (Lipinski definition) is 1. The molecule has 0 spiro atoms. The molecule has 0 aliphatic rings. The van der Waals surface area contributed by atoms with Crippen molar-refractivity contribution < 1.29 is 19.2 Å². The molecule has 1 amide bonds. The lowest BCUT2D eigenvalue weighted by molar-refractivity contribution is -0.384. The normalized spacial score (nSPS) is 10.2. The highest BCUT2D eigenvalue weighted by atomic mass is 35.5. The third-order valence-electron chi connectivity index (χ3n) is 3.20. The number of rotatable bonds is 6. The highest BCUT2D eigenvalue weighted by molar-refractivity contribution is 6.32. The Morgan fingerprint density at radius 3 is 2.78 bits per heavy atom. The predicted octanol–water partition coefficient (Wildman–Crippen LogP) is 3.31. The van der Waals surface area contributed by atoms with E-state index in [9.17, 15) is 19.7 Å². The van der Waals surface area contributed by atoms with Crippen LogP contribution in [0.1, 0.15) is 11.1 Å². The van der Waals surface area contributed by atoms with Crippen LogP contribution in [0.25, 0.3) is 6.08 Å². The molecule has 0 atom stereocenters. The van der Waals surface area contributed by atoms with Gasteiger partial charge in [0.2, 0.25) is 0 Å². The van der Waals surface area contributed by atoms with Crippen molar-refractivity contribution in [3.8, 4) is 6.07 Å². The summed E-state index contributed by atoms with van der Waals surface area (Å²) in [6.07, 6.45) is 2.34. The van der Waals surface area contributed by atoms with E-state index in [0.717, 1.165) is 6.08 Å². The molecule has 8 nitrogen and oxygen atoms in total. The fraction of sp³-hybridized carbons (Fsp3) is 0.0556. The Hall–Kier alpha value is -3.70. The first kappa shape index (κ1) is 19.6. The monoisotopic (exact) mass is 385 g/mol. The van der Waals surface area contributed by atoms with Crippen molar-refractivity contribution in [1.29, 1.82) is 5.26 Å². The van der Waals surface area contributed by atoms with E-state index in [1.54, 1.807) is 18.2 Å². The average Bonchev–Trinajstić information content (AvgIpc) is 2.65. The molecule has 0 radical (unpaired) electrons. The van der Waals surface area contributed by atoms with Crippen molar-refractivity contribution in [1.82, 2.24) is 0 Å². The van der Waals surface area contributed by atoms with Gasteiger partial charge in [0.15, 0.2) is 6.61 Å². The average molecular weight is 386 g/mol. The number of nitrogens with zero attached hydrogens (tertiary/aromatic N) is 2. The summed E-state index contributed by atoms with van der Waals surface area (Å²) in [5, 5.41) is 22.1. The Labute approximate surface area is 158 Å². The van der Waals surface area contributed by atoms with Gasteiger partial charge in [0.05, 0.1) is 16.6 Å². The van der Waals surface area contributed by atoms with E-state index in [4.69, 9.17) is 21.6 Å². The first-order valence-corrected chi connectivity index (χ1v) is 7.85. The summed E-state index contributed by atoms with van der Waals surface area (Å²) < 4.78 is 4.79. The predicted molar refractivity (Wildman–Crippen MR) is 97.9 cm³/mol. The summed E-state index contributed by atoms with van der Waals surface area (Å²) in [5.41, 5.74) is 0.871. The van der Waals surface area contributed by atoms with Crippen LogP contribution in [0.2, 0.25) is 5.02 Å². The number of halogens is 1. The number of benzene rings is 2. The Bertz CT molecular complexity index is 966. The van der Waals surface area contributed by atoms with Gasteiger partial charge < -0.3 is 10.1 Å². The lowest BCUT2D eigenvalue weighted by atomic mass is 10.2. The van der Waals surface area contributed by atoms with E-state index in [1.165, 1.54) is 30.3 Å². The van der Waals surface area contributed by atoms with E-state index in [-0.39, 0.29) is 10.7 Å². The standard InChI is InChI=1S/C18H12ClN3O5/c19-15-6-4-12(9-16(15)22(25)26)5-7-18(24)27-11-17(23)21-14-3-1-2-13(8-14)10-20/h1-9H,11H2,(H,21,23)/b7-5+. The van der Waals surface area contributed by atoms with Gasteiger partial charge in [0.25, 0.3) is 11.6 Å². The van der Waals surface area contributed by atoms with Crippen LogP contribution < -0.4 is 5.32 Å². The molecule has 0 unspecified atom stereocenters. The van der Waals surface area contributed by atoms with Crippen molar-refractivity contribution in [3.63, 3.8) is 0 Å². The van der Waals surface area contributed by atoms with Crippen LogP contribution >= 0.6 is 11.6 Å². The highest BCUT2D eigenvalue weighted by Gasteiger charge is 2.12. The molecule has 2 rings (SSSR count). The maximum absolute atomic E-state index is 11.8. The first-order chi connectivity index (χ1) is 12.9. The zero-order valence-electron chi connectivity index (χ0n) is 13.7.